The first-order valence-corrected chi connectivity index (χ1v) is 8.17. The number of nitriles is 1. The van der Waals surface area contributed by atoms with E-state index >= 15 is 0 Å². The van der Waals surface area contributed by atoms with Gasteiger partial charge in [-0.2, -0.15) is 5.26 Å². The van der Waals surface area contributed by atoms with Gasteiger partial charge in [-0.05, 0) is 38.1 Å². The summed E-state index contributed by atoms with van der Waals surface area (Å²) in [4.78, 5) is 16.3. The SMILES string of the molecule is CC(C)OC(=O)C(C#N)=Cc1ccc(-c2nc3ccccc3s2)o1. The zero-order valence-electron chi connectivity index (χ0n) is 13.1. The summed E-state index contributed by atoms with van der Waals surface area (Å²) < 4.78 is 11.8. The van der Waals surface area contributed by atoms with Gasteiger partial charge in [-0.25, -0.2) is 9.78 Å². The van der Waals surface area contributed by atoms with Crippen LogP contribution in [0.2, 0.25) is 0 Å². The van der Waals surface area contributed by atoms with Gasteiger partial charge in [0.1, 0.15) is 17.4 Å². The van der Waals surface area contributed by atoms with E-state index in [1.807, 2.05) is 30.3 Å². The molecule has 0 fully saturated rings. The maximum absolute atomic E-state index is 11.8. The van der Waals surface area contributed by atoms with Crippen LogP contribution in [-0.2, 0) is 9.53 Å². The number of nitrogens with zero attached hydrogens (tertiary/aromatic N) is 2. The Morgan fingerprint density at radius 3 is 2.83 bits per heavy atom. The van der Waals surface area contributed by atoms with Crippen LogP contribution < -0.4 is 0 Å². The quantitative estimate of drug-likeness (QED) is 0.400. The smallest absolute Gasteiger partial charge is 0.349 e. The highest BCUT2D eigenvalue weighted by molar-refractivity contribution is 7.21. The van der Waals surface area contributed by atoms with Gasteiger partial charge in [-0.15, -0.1) is 11.3 Å². The molecule has 0 atom stereocenters. The molecule has 0 aliphatic carbocycles. The summed E-state index contributed by atoms with van der Waals surface area (Å²) in [6, 6.07) is 13.1. The van der Waals surface area contributed by atoms with Crippen molar-refractivity contribution in [3.05, 3.63) is 47.7 Å². The lowest BCUT2D eigenvalue weighted by Gasteiger charge is -2.05. The molecule has 1 aromatic carbocycles. The second kappa shape index (κ2) is 6.69. The molecule has 3 rings (SSSR count). The number of para-hydroxylation sites is 1. The maximum atomic E-state index is 11.8. The third-order valence-corrected chi connectivity index (χ3v) is 4.15. The molecule has 2 heterocycles. The molecule has 6 heteroatoms. The van der Waals surface area contributed by atoms with Gasteiger partial charge < -0.3 is 9.15 Å². The van der Waals surface area contributed by atoms with E-state index in [-0.39, 0.29) is 11.7 Å². The molecule has 2 aromatic heterocycles. The normalized spacial score (nSPS) is 11.7. The highest BCUT2D eigenvalue weighted by atomic mass is 32.1. The fourth-order valence-corrected chi connectivity index (χ4v) is 3.01. The first-order valence-electron chi connectivity index (χ1n) is 7.35. The van der Waals surface area contributed by atoms with Gasteiger partial charge in [-0.3, -0.25) is 0 Å². The van der Waals surface area contributed by atoms with Gasteiger partial charge in [0.05, 0.1) is 16.3 Å². The van der Waals surface area contributed by atoms with Crippen LogP contribution in [0.25, 0.3) is 27.1 Å². The maximum Gasteiger partial charge on any atom is 0.349 e. The monoisotopic (exact) mass is 338 g/mol. The number of hydrogen-bond donors (Lipinski definition) is 0. The number of benzene rings is 1. The van der Waals surface area contributed by atoms with E-state index in [4.69, 9.17) is 14.4 Å². The number of esters is 1. The van der Waals surface area contributed by atoms with Crippen molar-refractivity contribution in [3.63, 3.8) is 0 Å². The van der Waals surface area contributed by atoms with Gasteiger partial charge in [0.2, 0.25) is 0 Å². The summed E-state index contributed by atoms with van der Waals surface area (Å²) in [7, 11) is 0. The Morgan fingerprint density at radius 1 is 1.33 bits per heavy atom. The largest absolute Gasteiger partial charge is 0.459 e. The van der Waals surface area contributed by atoms with Crippen molar-refractivity contribution in [2.75, 3.05) is 0 Å². The van der Waals surface area contributed by atoms with E-state index in [0.717, 1.165) is 15.2 Å². The predicted molar refractivity (Wildman–Crippen MR) is 92.1 cm³/mol. The summed E-state index contributed by atoms with van der Waals surface area (Å²) in [5.74, 6) is 0.337. The van der Waals surface area contributed by atoms with Crippen LogP contribution in [0.5, 0.6) is 0 Å². The highest BCUT2D eigenvalue weighted by Gasteiger charge is 2.15. The lowest BCUT2D eigenvalue weighted by atomic mass is 10.2. The van der Waals surface area contributed by atoms with Crippen molar-refractivity contribution in [2.45, 2.75) is 20.0 Å². The number of furan rings is 1. The van der Waals surface area contributed by atoms with Crippen LogP contribution in [0, 0.1) is 11.3 Å². The van der Waals surface area contributed by atoms with Gasteiger partial charge >= 0.3 is 5.97 Å². The second-order valence-electron chi connectivity index (χ2n) is 5.31. The van der Waals surface area contributed by atoms with Crippen molar-refractivity contribution in [3.8, 4) is 16.8 Å². The zero-order valence-corrected chi connectivity index (χ0v) is 14.0. The lowest BCUT2D eigenvalue weighted by Crippen LogP contribution is -2.12. The Bertz CT molecular complexity index is 927. The van der Waals surface area contributed by atoms with Crippen LogP contribution >= 0.6 is 11.3 Å². The number of carbonyl (C=O) groups is 1. The Hall–Kier alpha value is -2.91. The number of rotatable bonds is 4. The standard InChI is InChI=1S/C18H14N2O3S/c1-11(2)22-18(21)12(10-19)9-13-7-8-15(23-13)17-20-14-5-3-4-6-16(14)24-17/h3-9,11H,1-2H3. The number of carbonyl (C=O) groups excluding carboxylic acids is 1. The second-order valence-corrected chi connectivity index (χ2v) is 6.34. The minimum atomic E-state index is -0.662. The van der Waals surface area contributed by atoms with Crippen LogP contribution in [0.3, 0.4) is 0 Å². The average molecular weight is 338 g/mol. The van der Waals surface area contributed by atoms with Gasteiger partial charge in [0, 0.05) is 6.08 Å². The van der Waals surface area contributed by atoms with Gasteiger partial charge in [-0.1, -0.05) is 12.1 Å². The van der Waals surface area contributed by atoms with E-state index < -0.39 is 5.97 Å². The number of ether oxygens (including phenoxy) is 1. The van der Waals surface area contributed by atoms with E-state index in [1.54, 1.807) is 26.0 Å². The third kappa shape index (κ3) is 3.36. The lowest BCUT2D eigenvalue weighted by molar-refractivity contribution is -0.142. The number of thiazole rings is 1. The molecule has 0 spiro atoms. The Balaban J connectivity index is 1.88. The summed E-state index contributed by atoms with van der Waals surface area (Å²) in [5, 5.41) is 9.87. The minimum absolute atomic E-state index is 0.103. The molecular weight excluding hydrogens is 324 g/mol. The molecule has 5 nitrogen and oxygen atoms in total. The van der Waals surface area contributed by atoms with Crippen LogP contribution in [0.4, 0.5) is 0 Å². The number of fused-ring (bicyclic) bond motifs is 1. The van der Waals surface area contributed by atoms with Gasteiger partial charge in [0.15, 0.2) is 10.8 Å². The van der Waals surface area contributed by atoms with E-state index in [0.29, 0.717) is 11.5 Å². The molecule has 0 saturated heterocycles. The summed E-state index contributed by atoms with van der Waals surface area (Å²) in [5.41, 5.74) is 0.804. The molecule has 0 aliphatic rings. The third-order valence-electron chi connectivity index (χ3n) is 3.10. The molecule has 0 amide bonds. The zero-order chi connectivity index (χ0) is 17.1. The molecule has 0 saturated carbocycles. The predicted octanol–water partition coefficient (Wildman–Crippen LogP) is 4.41. The van der Waals surface area contributed by atoms with E-state index in [9.17, 15) is 4.79 Å². The molecule has 3 aromatic rings. The molecule has 0 bridgehead atoms. The molecule has 0 aliphatic heterocycles. The summed E-state index contributed by atoms with van der Waals surface area (Å²) in [6.45, 7) is 3.45. The summed E-state index contributed by atoms with van der Waals surface area (Å²) in [6.07, 6.45) is 1.09. The first-order chi connectivity index (χ1) is 11.6. The minimum Gasteiger partial charge on any atom is -0.459 e. The van der Waals surface area contributed by atoms with Crippen LogP contribution in [0.15, 0.2) is 46.4 Å². The molecule has 24 heavy (non-hydrogen) atoms. The molecule has 120 valence electrons. The van der Waals surface area contributed by atoms with Crippen molar-refractivity contribution in [1.29, 1.82) is 5.26 Å². The van der Waals surface area contributed by atoms with Crippen molar-refractivity contribution >= 4 is 33.6 Å². The van der Waals surface area contributed by atoms with Crippen molar-refractivity contribution in [2.24, 2.45) is 0 Å². The Labute approximate surface area is 142 Å². The molecule has 0 N–H and O–H groups in total. The Morgan fingerprint density at radius 2 is 2.12 bits per heavy atom. The summed E-state index contributed by atoms with van der Waals surface area (Å²) >= 11 is 1.52. The first kappa shape index (κ1) is 16.0. The average Bonchev–Trinajstić information content (AvgIpc) is 3.18. The van der Waals surface area contributed by atoms with Crippen LogP contribution in [0.1, 0.15) is 19.6 Å². The number of aromatic nitrogens is 1. The molecular formula is C18H14N2O3S. The fraction of sp³-hybridized carbons (Fsp3) is 0.167. The highest BCUT2D eigenvalue weighted by Crippen LogP contribution is 2.31. The van der Waals surface area contributed by atoms with E-state index in [2.05, 4.69) is 4.98 Å². The van der Waals surface area contributed by atoms with Gasteiger partial charge in [0.25, 0.3) is 0 Å². The van der Waals surface area contributed by atoms with Crippen molar-refractivity contribution in [1.82, 2.24) is 4.98 Å². The van der Waals surface area contributed by atoms with Crippen LogP contribution in [-0.4, -0.2) is 17.1 Å². The van der Waals surface area contributed by atoms with E-state index in [1.165, 1.54) is 17.4 Å². The topological polar surface area (TPSA) is 76.1 Å². The molecule has 0 radical (unpaired) electrons. The Kier molecular flexibility index (Phi) is 4.45. The van der Waals surface area contributed by atoms with Crippen molar-refractivity contribution < 1.29 is 13.9 Å². The fourth-order valence-electron chi connectivity index (χ4n) is 2.08. The number of hydrogen-bond acceptors (Lipinski definition) is 6. The molecule has 0 unspecified atom stereocenters.